The van der Waals surface area contributed by atoms with Gasteiger partial charge in [0.2, 0.25) is 0 Å². The molecule has 2 atom stereocenters. The van der Waals surface area contributed by atoms with Gasteiger partial charge in [-0.3, -0.25) is 4.90 Å². The van der Waals surface area contributed by atoms with Gasteiger partial charge in [-0.15, -0.1) is 0 Å². The number of nitrogens with zero attached hydrogens (tertiary/aromatic N) is 1. The lowest BCUT2D eigenvalue weighted by Crippen LogP contribution is -2.54. The molecule has 1 heterocycles. The van der Waals surface area contributed by atoms with E-state index in [2.05, 4.69) is 44.8 Å². The Morgan fingerprint density at radius 1 is 1.20 bits per heavy atom. The largest absolute Gasteiger partial charge is 0.376 e. The quantitative estimate of drug-likeness (QED) is 0.658. The van der Waals surface area contributed by atoms with Crippen molar-refractivity contribution in [2.45, 2.75) is 72.4 Å². The molecule has 1 N–H and O–H groups in total. The van der Waals surface area contributed by atoms with Gasteiger partial charge < -0.3 is 10.1 Å². The minimum absolute atomic E-state index is 0.382. The molecule has 1 aliphatic rings. The summed E-state index contributed by atoms with van der Waals surface area (Å²) in [6.07, 6.45) is 5.30. The van der Waals surface area contributed by atoms with Crippen LogP contribution in [0.5, 0.6) is 0 Å². The summed E-state index contributed by atoms with van der Waals surface area (Å²) in [6.45, 7) is 16.9. The molecular formula is C17H36N2O. The summed E-state index contributed by atoms with van der Waals surface area (Å²) in [5.74, 6) is 0. The summed E-state index contributed by atoms with van der Waals surface area (Å²) in [6, 6.07) is 0.606. The van der Waals surface area contributed by atoms with Crippen molar-refractivity contribution in [1.82, 2.24) is 10.2 Å². The molecule has 3 nitrogen and oxygen atoms in total. The van der Waals surface area contributed by atoms with Crippen LogP contribution >= 0.6 is 0 Å². The summed E-state index contributed by atoms with van der Waals surface area (Å²) < 4.78 is 5.83. The number of hydrogen-bond donors (Lipinski definition) is 1. The zero-order valence-electron chi connectivity index (χ0n) is 14.4. The van der Waals surface area contributed by atoms with E-state index in [-0.39, 0.29) is 0 Å². The third kappa shape index (κ3) is 5.01. The smallest absolute Gasteiger partial charge is 0.0674 e. The molecule has 0 aromatic carbocycles. The van der Waals surface area contributed by atoms with E-state index in [0.29, 0.717) is 17.6 Å². The predicted molar refractivity (Wildman–Crippen MR) is 87.2 cm³/mol. The molecule has 2 unspecified atom stereocenters. The molecule has 0 amide bonds. The Morgan fingerprint density at radius 2 is 1.90 bits per heavy atom. The third-order valence-corrected chi connectivity index (χ3v) is 5.02. The Morgan fingerprint density at radius 3 is 2.45 bits per heavy atom. The van der Waals surface area contributed by atoms with E-state index >= 15 is 0 Å². The summed E-state index contributed by atoms with van der Waals surface area (Å²) in [5, 5.41) is 3.65. The van der Waals surface area contributed by atoms with Crippen LogP contribution in [0.15, 0.2) is 0 Å². The molecule has 0 bridgehead atoms. The van der Waals surface area contributed by atoms with Gasteiger partial charge in [0.1, 0.15) is 0 Å². The highest BCUT2D eigenvalue weighted by Gasteiger charge is 2.33. The zero-order chi connectivity index (χ0) is 15.0. The zero-order valence-corrected chi connectivity index (χ0v) is 14.4. The van der Waals surface area contributed by atoms with E-state index in [4.69, 9.17) is 4.74 Å². The average Bonchev–Trinajstić information content (AvgIpc) is 2.46. The molecule has 0 radical (unpaired) electrons. The fourth-order valence-corrected chi connectivity index (χ4v) is 3.22. The molecule has 1 aliphatic heterocycles. The molecule has 1 saturated heterocycles. The van der Waals surface area contributed by atoms with Gasteiger partial charge in [-0.1, -0.05) is 27.7 Å². The standard InChI is InChI=1S/C17H36N2O/c1-6-10-18-13-17(8-3,9-4)14-19-11-15(5)20-12-16(19)7-2/h15-16,18H,6-14H2,1-5H3. The van der Waals surface area contributed by atoms with Crippen LogP contribution in [0.25, 0.3) is 0 Å². The van der Waals surface area contributed by atoms with E-state index in [9.17, 15) is 0 Å². The molecule has 1 fully saturated rings. The summed E-state index contributed by atoms with van der Waals surface area (Å²) >= 11 is 0. The minimum atomic E-state index is 0.382. The van der Waals surface area contributed by atoms with E-state index in [1.54, 1.807) is 0 Å². The second kappa shape index (κ2) is 9.01. The van der Waals surface area contributed by atoms with Gasteiger partial charge in [0, 0.05) is 25.7 Å². The Balaban J connectivity index is 2.65. The lowest BCUT2D eigenvalue weighted by atomic mass is 9.81. The Labute approximate surface area is 126 Å². The first kappa shape index (κ1) is 17.9. The third-order valence-electron chi connectivity index (χ3n) is 5.02. The first-order valence-corrected chi connectivity index (χ1v) is 8.67. The van der Waals surface area contributed by atoms with Gasteiger partial charge >= 0.3 is 0 Å². The molecule has 1 rings (SSSR count). The van der Waals surface area contributed by atoms with Crippen LogP contribution in [0.4, 0.5) is 0 Å². The van der Waals surface area contributed by atoms with Crippen LogP contribution in [0.2, 0.25) is 0 Å². The van der Waals surface area contributed by atoms with E-state index < -0.39 is 0 Å². The van der Waals surface area contributed by atoms with Crippen LogP contribution in [-0.2, 0) is 4.74 Å². The molecule has 0 aliphatic carbocycles. The highest BCUT2D eigenvalue weighted by molar-refractivity contribution is 4.87. The summed E-state index contributed by atoms with van der Waals surface area (Å²) in [5.41, 5.74) is 0.416. The maximum atomic E-state index is 5.83. The maximum Gasteiger partial charge on any atom is 0.0674 e. The first-order valence-electron chi connectivity index (χ1n) is 8.67. The Bertz CT molecular complexity index is 253. The first-order chi connectivity index (χ1) is 9.60. The second-order valence-electron chi connectivity index (χ2n) is 6.52. The number of morpholine rings is 1. The van der Waals surface area contributed by atoms with Gasteiger partial charge in [-0.05, 0) is 44.6 Å². The van der Waals surface area contributed by atoms with Crippen molar-refractivity contribution < 1.29 is 4.74 Å². The van der Waals surface area contributed by atoms with Gasteiger partial charge in [0.25, 0.3) is 0 Å². The molecular weight excluding hydrogens is 248 g/mol. The Hall–Kier alpha value is -0.120. The fraction of sp³-hybridized carbons (Fsp3) is 1.00. The second-order valence-corrected chi connectivity index (χ2v) is 6.52. The molecule has 0 aromatic rings. The highest BCUT2D eigenvalue weighted by Crippen LogP contribution is 2.29. The van der Waals surface area contributed by atoms with Crippen LogP contribution in [0, 0.1) is 5.41 Å². The van der Waals surface area contributed by atoms with Crippen molar-refractivity contribution in [2.24, 2.45) is 5.41 Å². The van der Waals surface area contributed by atoms with E-state index in [1.807, 2.05) is 0 Å². The molecule has 0 saturated carbocycles. The molecule has 0 aromatic heterocycles. The lowest BCUT2D eigenvalue weighted by molar-refractivity contribution is -0.0702. The maximum absolute atomic E-state index is 5.83. The predicted octanol–water partition coefficient (Wildman–Crippen LogP) is 3.29. The molecule has 120 valence electrons. The van der Waals surface area contributed by atoms with Crippen LogP contribution in [0.1, 0.15) is 60.3 Å². The minimum Gasteiger partial charge on any atom is -0.376 e. The molecule has 0 spiro atoms. The van der Waals surface area contributed by atoms with Crippen molar-refractivity contribution in [3.05, 3.63) is 0 Å². The van der Waals surface area contributed by atoms with Crippen molar-refractivity contribution in [2.75, 3.05) is 32.8 Å². The van der Waals surface area contributed by atoms with Crippen molar-refractivity contribution in [3.8, 4) is 0 Å². The topological polar surface area (TPSA) is 24.5 Å². The van der Waals surface area contributed by atoms with Gasteiger partial charge in [-0.2, -0.15) is 0 Å². The van der Waals surface area contributed by atoms with Gasteiger partial charge in [0.05, 0.1) is 12.7 Å². The Kier molecular flexibility index (Phi) is 8.08. The fourth-order valence-electron chi connectivity index (χ4n) is 3.22. The van der Waals surface area contributed by atoms with Crippen LogP contribution in [0.3, 0.4) is 0 Å². The normalized spacial score (nSPS) is 25.1. The molecule has 20 heavy (non-hydrogen) atoms. The van der Waals surface area contributed by atoms with E-state index in [1.165, 1.54) is 32.2 Å². The van der Waals surface area contributed by atoms with Crippen molar-refractivity contribution >= 4 is 0 Å². The van der Waals surface area contributed by atoms with Gasteiger partial charge in [-0.25, -0.2) is 0 Å². The molecule has 3 heteroatoms. The van der Waals surface area contributed by atoms with Crippen LogP contribution < -0.4 is 5.32 Å². The number of ether oxygens (including phenoxy) is 1. The summed E-state index contributed by atoms with van der Waals surface area (Å²) in [4.78, 5) is 2.69. The summed E-state index contributed by atoms with van der Waals surface area (Å²) in [7, 11) is 0. The van der Waals surface area contributed by atoms with Crippen molar-refractivity contribution in [3.63, 3.8) is 0 Å². The average molecular weight is 284 g/mol. The van der Waals surface area contributed by atoms with Crippen molar-refractivity contribution in [1.29, 1.82) is 0 Å². The van der Waals surface area contributed by atoms with Gasteiger partial charge in [0.15, 0.2) is 0 Å². The van der Waals surface area contributed by atoms with Crippen LogP contribution in [-0.4, -0.2) is 49.8 Å². The monoisotopic (exact) mass is 284 g/mol. The number of rotatable bonds is 9. The van der Waals surface area contributed by atoms with E-state index in [0.717, 1.165) is 26.2 Å². The SMILES string of the molecule is CCCNCC(CC)(CC)CN1CC(C)OCC1CC. The highest BCUT2D eigenvalue weighted by atomic mass is 16.5. The lowest BCUT2D eigenvalue weighted by Gasteiger charge is -2.44. The number of hydrogen-bond acceptors (Lipinski definition) is 3. The number of nitrogens with one attached hydrogen (secondary N) is 1.